The molecule has 2 saturated carbocycles. The molecule has 108 valence electrons. The molecule has 4 unspecified atom stereocenters. The summed E-state index contributed by atoms with van der Waals surface area (Å²) in [5.74, 6) is 0.793. The van der Waals surface area contributed by atoms with E-state index in [-0.39, 0.29) is 11.5 Å². The van der Waals surface area contributed by atoms with Crippen LogP contribution in [0.15, 0.2) is 0 Å². The van der Waals surface area contributed by atoms with Gasteiger partial charge in [-0.25, -0.2) is 0 Å². The molecule has 0 saturated heterocycles. The van der Waals surface area contributed by atoms with Gasteiger partial charge in [-0.15, -0.1) is 0 Å². The fraction of sp³-hybridized carbons (Fsp3) is 0.938. The Morgan fingerprint density at radius 2 is 2.05 bits per heavy atom. The molecule has 0 heterocycles. The lowest BCUT2D eigenvalue weighted by Crippen LogP contribution is -2.42. The normalized spacial score (nSPS) is 37.5. The van der Waals surface area contributed by atoms with Crippen LogP contribution in [0.2, 0.25) is 0 Å². The van der Waals surface area contributed by atoms with Crippen LogP contribution in [0.5, 0.6) is 0 Å². The summed E-state index contributed by atoms with van der Waals surface area (Å²) in [6, 6.07) is 2.43. The van der Waals surface area contributed by atoms with Crippen molar-refractivity contribution in [2.24, 2.45) is 16.7 Å². The van der Waals surface area contributed by atoms with Gasteiger partial charge in [-0.2, -0.15) is 5.26 Å². The molecule has 19 heavy (non-hydrogen) atoms. The van der Waals surface area contributed by atoms with E-state index in [1.807, 2.05) is 0 Å². The third-order valence-corrected chi connectivity index (χ3v) is 5.87. The molecule has 0 aliphatic heterocycles. The van der Waals surface area contributed by atoms with Crippen LogP contribution >= 0.6 is 0 Å². The van der Waals surface area contributed by atoms with E-state index in [9.17, 15) is 0 Å². The van der Waals surface area contributed by atoms with Crippen molar-refractivity contribution in [2.75, 3.05) is 6.61 Å². The van der Waals surface area contributed by atoms with Crippen molar-refractivity contribution < 1.29 is 4.74 Å². The molecule has 0 radical (unpaired) electrons. The number of ether oxygens (including phenoxy) is 1. The molecule has 0 amide bonds. The Bertz CT molecular complexity index is 371. The average Bonchev–Trinajstić information content (AvgIpc) is 2.66. The summed E-state index contributed by atoms with van der Waals surface area (Å²) in [4.78, 5) is 0. The highest BCUT2D eigenvalue weighted by Crippen LogP contribution is 2.66. The van der Waals surface area contributed by atoms with Gasteiger partial charge in [-0.05, 0) is 49.9 Å². The number of hydrogen-bond donors (Lipinski definition) is 1. The van der Waals surface area contributed by atoms with Crippen molar-refractivity contribution in [1.82, 2.24) is 5.32 Å². The average molecular weight is 264 g/mol. The predicted molar refractivity (Wildman–Crippen MR) is 76.6 cm³/mol. The second-order valence-corrected chi connectivity index (χ2v) is 7.44. The first-order chi connectivity index (χ1) is 8.81. The van der Waals surface area contributed by atoms with E-state index in [2.05, 4.69) is 46.0 Å². The van der Waals surface area contributed by atoms with Crippen LogP contribution in [0.25, 0.3) is 0 Å². The Labute approximate surface area is 117 Å². The zero-order valence-corrected chi connectivity index (χ0v) is 13.0. The van der Waals surface area contributed by atoms with Crippen LogP contribution in [0, 0.1) is 28.1 Å². The van der Waals surface area contributed by atoms with E-state index >= 15 is 0 Å². The van der Waals surface area contributed by atoms with Gasteiger partial charge in [0.2, 0.25) is 0 Å². The Morgan fingerprint density at radius 3 is 2.47 bits per heavy atom. The zero-order chi connectivity index (χ0) is 14.3. The number of nitriles is 1. The largest absolute Gasteiger partial charge is 0.375 e. The van der Waals surface area contributed by atoms with E-state index < -0.39 is 0 Å². The number of fused-ring (bicyclic) bond motifs is 2. The molecular weight excluding hydrogens is 236 g/mol. The van der Waals surface area contributed by atoms with Gasteiger partial charge in [0.15, 0.2) is 0 Å². The quantitative estimate of drug-likeness (QED) is 0.830. The summed E-state index contributed by atoms with van der Waals surface area (Å²) in [6.45, 7) is 11.8. The van der Waals surface area contributed by atoms with Crippen LogP contribution in [0.3, 0.4) is 0 Å². The first-order valence-electron chi connectivity index (χ1n) is 7.58. The van der Waals surface area contributed by atoms with E-state index in [0.29, 0.717) is 24.2 Å². The van der Waals surface area contributed by atoms with Crippen molar-refractivity contribution in [3.63, 3.8) is 0 Å². The molecule has 1 N–H and O–H groups in total. The highest BCUT2D eigenvalue weighted by Gasteiger charge is 2.61. The minimum Gasteiger partial charge on any atom is -0.375 e. The summed E-state index contributed by atoms with van der Waals surface area (Å²) in [7, 11) is 0. The van der Waals surface area contributed by atoms with Crippen molar-refractivity contribution in [2.45, 2.75) is 72.1 Å². The topological polar surface area (TPSA) is 45.0 Å². The third-order valence-electron chi connectivity index (χ3n) is 5.87. The Kier molecular flexibility index (Phi) is 3.95. The first kappa shape index (κ1) is 14.8. The minimum atomic E-state index is -0.189. The summed E-state index contributed by atoms with van der Waals surface area (Å²) in [5, 5.41) is 12.4. The molecule has 0 aromatic rings. The summed E-state index contributed by atoms with van der Waals surface area (Å²) in [5.41, 5.74) is 0.667. The Balaban J connectivity index is 1.93. The maximum absolute atomic E-state index is 9.16. The Morgan fingerprint density at radius 1 is 1.37 bits per heavy atom. The molecular formula is C16H28N2O. The lowest BCUT2D eigenvalue weighted by atomic mass is 9.70. The molecule has 4 atom stereocenters. The SMILES string of the molecule is CC(C)NC(C#N)COC1CC2CCC1(C)C2(C)C. The van der Waals surface area contributed by atoms with Gasteiger partial charge in [0, 0.05) is 6.04 Å². The second-order valence-electron chi connectivity index (χ2n) is 7.44. The lowest BCUT2D eigenvalue weighted by Gasteiger charge is -2.39. The predicted octanol–water partition coefficient (Wildman–Crippen LogP) is 3.11. The third kappa shape index (κ3) is 2.41. The van der Waals surface area contributed by atoms with Gasteiger partial charge >= 0.3 is 0 Å². The highest BCUT2D eigenvalue weighted by atomic mass is 16.5. The molecule has 2 aliphatic rings. The van der Waals surface area contributed by atoms with Gasteiger partial charge in [0.1, 0.15) is 6.04 Å². The van der Waals surface area contributed by atoms with Crippen LogP contribution in [-0.2, 0) is 4.74 Å². The van der Waals surface area contributed by atoms with Crippen LogP contribution < -0.4 is 5.32 Å². The summed E-state index contributed by atoms with van der Waals surface area (Å²) < 4.78 is 6.14. The van der Waals surface area contributed by atoms with Gasteiger partial charge in [0.25, 0.3) is 0 Å². The van der Waals surface area contributed by atoms with Crippen LogP contribution in [-0.4, -0.2) is 24.8 Å². The standard InChI is InChI=1S/C16H28N2O/c1-11(2)18-13(9-17)10-19-14-8-12-6-7-16(14,5)15(12,3)4/h11-14,18H,6-8,10H2,1-5H3. The summed E-state index contributed by atoms with van der Waals surface area (Å²) in [6.07, 6.45) is 4.11. The molecule has 2 aliphatic carbocycles. The monoisotopic (exact) mass is 264 g/mol. The van der Waals surface area contributed by atoms with E-state index in [0.717, 1.165) is 5.92 Å². The van der Waals surface area contributed by atoms with Gasteiger partial charge in [-0.1, -0.05) is 20.8 Å². The lowest BCUT2D eigenvalue weighted by molar-refractivity contribution is -0.0499. The molecule has 0 aromatic heterocycles. The second kappa shape index (κ2) is 5.07. The number of nitrogens with zero attached hydrogens (tertiary/aromatic N) is 1. The highest BCUT2D eigenvalue weighted by molar-refractivity contribution is 5.11. The van der Waals surface area contributed by atoms with Gasteiger partial charge in [-0.3, -0.25) is 5.32 Å². The fourth-order valence-corrected chi connectivity index (χ4v) is 4.12. The minimum absolute atomic E-state index is 0.189. The molecule has 2 rings (SSSR count). The number of nitrogens with one attached hydrogen (secondary N) is 1. The fourth-order valence-electron chi connectivity index (χ4n) is 4.12. The maximum Gasteiger partial charge on any atom is 0.119 e. The van der Waals surface area contributed by atoms with Crippen molar-refractivity contribution in [3.8, 4) is 6.07 Å². The molecule has 0 spiro atoms. The Hall–Kier alpha value is -0.590. The number of hydrogen-bond acceptors (Lipinski definition) is 3. The van der Waals surface area contributed by atoms with Crippen LogP contribution in [0.1, 0.15) is 53.9 Å². The molecule has 2 fully saturated rings. The van der Waals surface area contributed by atoms with Gasteiger partial charge < -0.3 is 4.74 Å². The van der Waals surface area contributed by atoms with Crippen molar-refractivity contribution in [3.05, 3.63) is 0 Å². The van der Waals surface area contributed by atoms with E-state index in [1.165, 1.54) is 19.3 Å². The van der Waals surface area contributed by atoms with E-state index in [1.54, 1.807) is 0 Å². The van der Waals surface area contributed by atoms with Gasteiger partial charge in [0.05, 0.1) is 18.8 Å². The summed E-state index contributed by atoms with van der Waals surface area (Å²) >= 11 is 0. The van der Waals surface area contributed by atoms with E-state index in [4.69, 9.17) is 10.00 Å². The van der Waals surface area contributed by atoms with Crippen molar-refractivity contribution >= 4 is 0 Å². The molecule has 3 heteroatoms. The molecule has 0 aromatic carbocycles. The smallest absolute Gasteiger partial charge is 0.119 e. The molecule has 2 bridgehead atoms. The first-order valence-corrected chi connectivity index (χ1v) is 7.58. The molecule has 3 nitrogen and oxygen atoms in total. The van der Waals surface area contributed by atoms with Crippen LogP contribution in [0.4, 0.5) is 0 Å². The van der Waals surface area contributed by atoms with Crippen molar-refractivity contribution in [1.29, 1.82) is 5.26 Å². The maximum atomic E-state index is 9.16. The zero-order valence-electron chi connectivity index (χ0n) is 13.0. The number of rotatable bonds is 5.